The lowest BCUT2D eigenvalue weighted by Crippen LogP contribution is -2.19. The van der Waals surface area contributed by atoms with Crippen LogP contribution in [-0.4, -0.2) is 13.6 Å². The van der Waals surface area contributed by atoms with E-state index in [1.807, 2.05) is 7.05 Å². The minimum atomic E-state index is 0.637. The summed E-state index contributed by atoms with van der Waals surface area (Å²) in [6, 6.07) is 8.78. The number of hydrogen-bond donors (Lipinski definition) is 1. The number of likely N-dealkylation sites (N-methyl/N-ethyl adjacent to an activating group) is 1. The monoisotopic (exact) mass is 297 g/mol. The smallest absolute Gasteiger partial charge is 0.0175 e. The molecule has 96 valence electrons. The van der Waals surface area contributed by atoms with Crippen LogP contribution in [0.1, 0.15) is 44.6 Å². The van der Waals surface area contributed by atoms with Crippen molar-refractivity contribution in [2.24, 2.45) is 5.92 Å². The molecule has 1 N–H and O–H groups in total. The molecule has 0 heterocycles. The molecule has 0 aliphatic heterocycles. The summed E-state index contributed by atoms with van der Waals surface area (Å²) in [7, 11) is 2.04. The fraction of sp³-hybridized carbons (Fsp3) is 0.600. The van der Waals surface area contributed by atoms with Crippen LogP contribution in [0, 0.1) is 5.92 Å². The second-order valence-corrected chi connectivity index (χ2v) is 5.64. The third kappa shape index (κ3) is 4.81. The molecule has 17 heavy (non-hydrogen) atoms. The van der Waals surface area contributed by atoms with Crippen molar-refractivity contribution in [3.8, 4) is 0 Å². The maximum Gasteiger partial charge on any atom is 0.0175 e. The summed E-state index contributed by atoms with van der Waals surface area (Å²) < 4.78 is 1.16. The quantitative estimate of drug-likeness (QED) is 0.777. The molecule has 0 fully saturated rings. The zero-order chi connectivity index (χ0) is 12.7. The highest BCUT2D eigenvalue weighted by molar-refractivity contribution is 9.10. The van der Waals surface area contributed by atoms with Gasteiger partial charge in [0.05, 0.1) is 0 Å². The van der Waals surface area contributed by atoms with E-state index in [-0.39, 0.29) is 0 Å². The van der Waals surface area contributed by atoms with Crippen LogP contribution in [0.15, 0.2) is 28.7 Å². The normalized spacial score (nSPS) is 13.0. The second-order valence-electron chi connectivity index (χ2n) is 4.72. The highest BCUT2D eigenvalue weighted by Gasteiger charge is 2.15. The van der Waals surface area contributed by atoms with Crippen LogP contribution >= 0.6 is 15.9 Å². The second kappa shape index (κ2) is 7.88. The van der Waals surface area contributed by atoms with Gasteiger partial charge in [0, 0.05) is 11.0 Å². The zero-order valence-electron chi connectivity index (χ0n) is 11.2. The molecule has 0 saturated carbocycles. The first-order chi connectivity index (χ1) is 8.21. The van der Waals surface area contributed by atoms with Gasteiger partial charge in [-0.15, -0.1) is 0 Å². The Bertz CT molecular complexity index is 303. The van der Waals surface area contributed by atoms with Crippen molar-refractivity contribution in [1.82, 2.24) is 5.32 Å². The number of benzene rings is 1. The summed E-state index contributed by atoms with van der Waals surface area (Å²) in [6.07, 6.45) is 3.86. The van der Waals surface area contributed by atoms with E-state index in [4.69, 9.17) is 0 Å². The largest absolute Gasteiger partial charge is 0.319 e. The lowest BCUT2D eigenvalue weighted by atomic mass is 9.86. The van der Waals surface area contributed by atoms with Gasteiger partial charge in [-0.2, -0.15) is 0 Å². The van der Waals surface area contributed by atoms with E-state index in [0.29, 0.717) is 5.92 Å². The molecular weight excluding hydrogens is 274 g/mol. The first kappa shape index (κ1) is 14.7. The average Bonchev–Trinajstić information content (AvgIpc) is 2.35. The third-order valence-electron chi connectivity index (χ3n) is 3.56. The summed E-state index contributed by atoms with van der Waals surface area (Å²) in [5.41, 5.74) is 1.45. The van der Waals surface area contributed by atoms with E-state index in [2.05, 4.69) is 59.4 Å². The van der Waals surface area contributed by atoms with Gasteiger partial charge >= 0.3 is 0 Å². The standard InChI is InChI=1S/C15H24BrN/c1-4-12(5-2)10-14(11-17-3)13-6-8-15(16)9-7-13/h6-9,12,14,17H,4-5,10-11H2,1-3H3. The molecule has 0 aliphatic carbocycles. The first-order valence-corrected chi connectivity index (χ1v) is 7.40. The summed E-state index contributed by atoms with van der Waals surface area (Å²) in [5, 5.41) is 3.32. The van der Waals surface area contributed by atoms with Crippen LogP contribution in [0.4, 0.5) is 0 Å². The molecule has 0 saturated heterocycles. The molecule has 1 nitrogen and oxygen atoms in total. The predicted octanol–water partition coefficient (Wildman–Crippen LogP) is 4.58. The van der Waals surface area contributed by atoms with Crippen molar-refractivity contribution >= 4 is 15.9 Å². The Morgan fingerprint density at radius 3 is 2.18 bits per heavy atom. The van der Waals surface area contributed by atoms with Gasteiger partial charge in [-0.1, -0.05) is 54.8 Å². The molecule has 0 spiro atoms. The highest BCUT2D eigenvalue weighted by Crippen LogP contribution is 2.27. The third-order valence-corrected chi connectivity index (χ3v) is 4.09. The van der Waals surface area contributed by atoms with Crippen molar-refractivity contribution in [2.75, 3.05) is 13.6 Å². The summed E-state index contributed by atoms with van der Waals surface area (Å²) in [6.45, 7) is 5.66. The minimum absolute atomic E-state index is 0.637. The van der Waals surface area contributed by atoms with Gasteiger partial charge in [0.2, 0.25) is 0 Å². The Kier molecular flexibility index (Phi) is 6.83. The van der Waals surface area contributed by atoms with E-state index < -0.39 is 0 Å². The maximum absolute atomic E-state index is 3.50. The molecule has 0 aliphatic rings. The Labute approximate surface area is 114 Å². The highest BCUT2D eigenvalue weighted by atomic mass is 79.9. The Morgan fingerprint density at radius 1 is 1.12 bits per heavy atom. The summed E-state index contributed by atoms with van der Waals surface area (Å²) in [5.74, 6) is 1.48. The number of halogens is 1. The van der Waals surface area contributed by atoms with E-state index in [1.165, 1.54) is 24.8 Å². The van der Waals surface area contributed by atoms with E-state index >= 15 is 0 Å². The first-order valence-electron chi connectivity index (χ1n) is 6.61. The van der Waals surface area contributed by atoms with Crippen molar-refractivity contribution in [3.63, 3.8) is 0 Å². The van der Waals surface area contributed by atoms with Gasteiger partial charge in [-0.05, 0) is 43.0 Å². The molecule has 1 rings (SSSR count). The molecular formula is C15H24BrN. The Morgan fingerprint density at radius 2 is 1.71 bits per heavy atom. The number of nitrogens with one attached hydrogen (secondary N) is 1. The molecule has 1 aromatic carbocycles. The SMILES string of the molecule is CCC(CC)CC(CNC)c1ccc(Br)cc1. The molecule has 0 amide bonds. The van der Waals surface area contributed by atoms with Crippen LogP contribution in [0.25, 0.3) is 0 Å². The zero-order valence-corrected chi connectivity index (χ0v) is 12.8. The Balaban J connectivity index is 2.73. The van der Waals surface area contributed by atoms with Crippen LogP contribution in [-0.2, 0) is 0 Å². The summed E-state index contributed by atoms with van der Waals surface area (Å²) in [4.78, 5) is 0. The van der Waals surface area contributed by atoms with Crippen molar-refractivity contribution in [1.29, 1.82) is 0 Å². The summed E-state index contributed by atoms with van der Waals surface area (Å²) >= 11 is 3.50. The topological polar surface area (TPSA) is 12.0 Å². The van der Waals surface area contributed by atoms with E-state index in [9.17, 15) is 0 Å². The van der Waals surface area contributed by atoms with Crippen LogP contribution in [0.2, 0.25) is 0 Å². The van der Waals surface area contributed by atoms with Crippen LogP contribution < -0.4 is 5.32 Å². The molecule has 0 radical (unpaired) electrons. The van der Waals surface area contributed by atoms with Gasteiger partial charge in [0.15, 0.2) is 0 Å². The molecule has 0 aromatic heterocycles. The van der Waals surface area contributed by atoms with Gasteiger partial charge < -0.3 is 5.32 Å². The van der Waals surface area contributed by atoms with E-state index in [1.54, 1.807) is 0 Å². The average molecular weight is 298 g/mol. The lowest BCUT2D eigenvalue weighted by Gasteiger charge is -2.22. The van der Waals surface area contributed by atoms with E-state index in [0.717, 1.165) is 16.9 Å². The van der Waals surface area contributed by atoms with Crippen molar-refractivity contribution in [3.05, 3.63) is 34.3 Å². The molecule has 1 aromatic rings. The fourth-order valence-corrected chi connectivity index (χ4v) is 2.61. The fourth-order valence-electron chi connectivity index (χ4n) is 2.34. The lowest BCUT2D eigenvalue weighted by molar-refractivity contribution is 0.403. The van der Waals surface area contributed by atoms with Gasteiger partial charge in [0.25, 0.3) is 0 Å². The van der Waals surface area contributed by atoms with Crippen molar-refractivity contribution < 1.29 is 0 Å². The maximum atomic E-state index is 3.50. The Hall–Kier alpha value is -0.340. The van der Waals surface area contributed by atoms with Crippen molar-refractivity contribution in [2.45, 2.75) is 39.0 Å². The van der Waals surface area contributed by atoms with Gasteiger partial charge in [-0.25, -0.2) is 0 Å². The number of hydrogen-bond acceptors (Lipinski definition) is 1. The molecule has 0 bridgehead atoms. The molecule has 1 atom stereocenters. The molecule has 1 unspecified atom stereocenters. The molecule has 2 heteroatoms. The van der Waals surface area contributed by atoms with Gasteiger partial charge in [0.1, 0.15) is 0 Å². The van der Waals surface area contributed by atoms with Gasteiger partial charge in [-0.3, -0.25) is 0 Å². The predicted molar refractivity (Wildman–Crippen MR) is 79.5 cm³/mol. The van der Waals surface area contributed by atoms with Crippen LogP contribution in [0.3, 0.4) is 0 Å². The van der Waals surface area contributed by atoms with Crippen LogP contribution in [0.5, 0.6) is 0 Å². The number of rotatable bonds is 7. The minimum Gasteiger partial charge on any atom is -0.319 e.